The molecule has 1 aliphatic carbocycles. The minimum Gasteiger partial charge on any atom is -0.303 e. The number of rotatable bonds is 5. The molecule has 1 fully saturated rings. The van der Waals surface area contributed by atoms with Crippen LogP contribution in [-0.4, -0.2) is 26.3 Å². The summed E-state index contributed by atoms with van der Waals surface area (Å²) in [4.78, 5) is 2.25. The van der Waals surface area contributed by atoms with Gasteiger partial charge in [-0.25, -0.2) is 4.68 Å². The van der Waals surface area contributed by atoms with Crippen molar-refractivity contribution in [2.45, 2.75) is 45.9 Å². The number of nitrogens with zero attached hydrogens (tertiary/aromatic N) is 4. The van der Waals surface area contributed by atoms with E-state index in [0.717, 1.165) is 18.0 Å². The number of aromatic nitrogens is 3. The van der Waals surface area contributed by atoms with Crippen molar-refractivity contribution in [3.63, 3.8) is 0 Å². The summed E-state index contributed by atoms with van der Waals surface area (Å²) in [6.45, 7) is 5.93. The van der Waals surface area contributed by atoms with E-state index in [9.17, 15) is 0 Å². The molecule has 0 radical (unpaired) electrons. The van der Waals surface area contributed by atoms with Crippen LogP contribution >= 0.6 is 12.2 Å². The monoisotopic (exact) mass is 302 g/mol. The van der Waals surface area contributed by atoms with Gasteiger partial charge in [-0.05, 0) is 57.1 Å². The lowest BCUT2D eigenvalue weighted by Crippen LogP contribution is -2.23. The molecule has 0 amide bonds. The molecule has 1 aromatic carbocycles. The van der Waals surface area contributed by atoms with E-state index in [1.165, 1.54) is 29.5 Å². The van der Waals surface area contributed by atoms with Crippen molar-refractivity contribution >= 4 is 12.2 Å². The van der Waals surface area contributed by atoms with Gasteiger partial charge in [0.15, 0.2) is 4.77 Å². The summed E-state index contributed by atoms with van der Waals surface area (Å²) in [6, 6.07) is 7.21. The Labute approximate surface area is 131 Å². The predicted octanol–water partition coefficient (Wildman–Crippen LogP) is 3.46. The highest BCUT2D eigenvalue weighted by molar-refractivity contribution is 7.71. The Morgan fingerprint density at radius 2 is 2.10 bits per heavy atom. The van der Waals surface area contributed by atoms with E-state index in [1.54, 1.807) is 0 Å². The molecule has 1 aromatic heterocycles. The Morgan fingerprint density at radius 1 is 1.33 bits per heavy atom. The van der Waals surface area contributed by atoms with E-state index < -0.39 is 0 Å². The van der Waals surface area contributed by atoms with Crippen LogP contribution in [0.3, 0.4) is 0 Å². The molecule has 5 heteroatoms. The second-order valence-electron chi connectivity index (χ2n) is 6.14. The van der Waals surface area contributed by atoms with E-state index in [0.29, 0.717) is 6.04 Å². The van der Waals surface area contributed by atoms with Gasteiger partial charge in [-0.15, -0.1) is 0 Å². The summed E-state index contributed by atoms with van der Waals surface area (Å²) in [7, 11) is 2.11. The molecule has 0 saturated heterocycles. The average molecular weight is 302 g/mol. The maximum atomic E-state index is 5.50. The first-order valence-corrected chi connectivity index (χ1v) is 7.84. The zero-order chi connectivity index (χ0) is 15.0. The molecular weight excluding hydrogens is 280 g/mol. The molecule has 0 unspecified atom stereocenters. The first-order valence-electron chi connectivity index (χ1n) is 7.43. The SMILES string of the molecule is Cc1ccc(CN(C)Cn2ncn(C3CC3)c2=S)c(C)c1. The van der Waals surface area contributed by atoms with Gasteiger partial charge in [-0.1, -0.05) is 23.8 Å². The van der Waals surface area contributed by atoms with Crippen molar-refractivity contribution in [3.8, 4) is 0 Å². The summed E-state index contributed by atoms with van der Waals surface area (Å²) in [5, 5.41) is 4.43. The third kappa shape index (κ3) is 3.24. The van der Waals surface area contributed by atoms with Crippen molar-refractivity contribution in [2.75, 3.05) is 7.05 Å². The number of aryl methyl sites for hydroxylation is 2. The fourth-order valence-corrected chi connectivity index (χ4v) is 2.94. The fraction of sp³-hybridized carbons (Fsp3) is 0.500. The van der Waals surface area contributed by atoms with Crippen LogP contribution in [0.1, 0.15) is 35.6 Å². The maximum absolute atomic E-state index is 5.50. The van der Waals surface area contributed by atoms with Gasteiger partial charge in [0, 0.05) is 12.6 Å². The van der Waals surface area contributed by atoms with Crippen LogP contribution in [0.4, 0.5) is 0 Å². The molecule has 1 saturated carbocycles. The Hall–Kier alpha value is -1.46. The lowest BCUT2D eigenvalue weighted by atomic mass is 10.1. The fourth-order valence-electron chi connectivity index (χ4n) is 2.64. The van der Waals surface area contributed by atoms with Gasteiger partial charge in [0.25, 0.3) is 0 Å². The second kappa shape index (κ2) is 5.73. The van der Waals surface area contributed by atoms with E-state index in [2.05, 4.69) is 53.7 Å². The number of benzene rings is 1. The van der Waals surface area contributed by atoms with Gasteiger partial charge in [-0.3, -0.25) is 4.90 Å². The Bertz CT molecular complexity index is 697. The Morgan fingerprint density at radius 3 is 2.76 bits per heavy atom. The third-order valence-corrected chi connectivity index (χ3v) is 4.43. The molecule has 0 spiro atoms. The summed E-state index contributed by atoms with van der Waals surface area (Å²) >= 11 is 5.50. The van der Waals surface area contributed by atoms with E-state index >= 15 is 0 Å². The molecule has 0 atom stereocenters. The average Bonchev–Trinajstić information content (AvgIpc) is 3.20. The van der Waals surface area contributed by atoms with Gasteiger partial charge in [0.05, 0.1) is 6.67 Å². The first-order chi connectivity index (χ1) is 10.0. The van der Waals surface area contributed by atoms with Crippen LogP contribution in [0, 0.1) is 18.6 Å². The Kier molecular flexibility index (Phi) is 3.95. The van der Waals surface area contributed by atoms with Crippen molar-refractivity contribution in [3.05, 3.63) is 46.0 Å². The molecule has 1 heterocycles. The quantitative estimate of drug-likeness (QED) is 0.791. The van der Waals surface area contributed by atoms with Crippen molar-refractivity contribution in [1.82, 2.24) is 19.2 Å². The van der Waals surface area contributed by atoms with Crippen molar-refractivity contribution in [1.29, 1.82) is 0 Å². The minimum absolute atomic E-state index is 0.593. The van der Waals surface area contributed by atoms with Crippen molar-refractivity contribution in [2.24, 2.45) is 0 Å². The molecule has 3 rings (SSSR count). The number of hydrogen-bond acceptors (Lipinski definition) is 3. The molecule has 0 aliphatic heterocycles. The summed E-state index contributed by atoms with van der Waals surface area (Å²) in [5.74, 6) is 0. The van der Waals surface area contributed by atoms with Gasteiger partial charge in [0.2, 0.25) is 0 Å². The molecule has 2 aromatic rings. The molecule has 21 heavy (non-hydrogen) atoms. The standard InChI is InChI=1S/C16H22N4S/c1-12-4-5-14(13(2)8-12)9-18(3)11-20-16(21)19(10-17-20)15-6-7-15/h4-5,8,10,15H,6-7,9,11H2,1-3H3. The van der Waals surface area contributed by atoms with Crippen LogP contribution in [-0.2, 0) is 13.2 Å². The van der Waals surface area contributed by atoms with Crippen LogP contribution in [0.2, 0.25) is 0 Å². The van der Waals surface area contributed by atoms with Gasteiger partial charge in [-0.2, -0.15) is 5.10 Å². The molecule has 0 bridgehead atoms. The van der Waals surface area contributed by atoms with Crippen LogP contribution in [0.15, 0.2) is 24.5 Å². The minimum atomic E-state index is 0.593. The molecule has 112 valence electrons. The summed E-state index contributed by atoms with van der Waals surface area (Å²) in [5.41, 5.74) is 4.01. The summed E-state index contributed by atoms with van der Waals surface area (Å²) in [6.07, 6.45) is 4.35. The predicted molar refractivity (Wildman–Crippen MR) is 86.7 cm³/mol. The van der Waals surface area contributed by atoms with Gasteiger partial charge in [0.1, 0.15) is 6.33 Å². The largest absolute Gasteiger partial charge is 0.303 e. The topological polar surface area (TPSA) is 26.0 Å². The second-order valence-corrected chi connectivity index (χ2v) is 6.50. The molecular formula is C16H22N4S. The van der Waals surface area contributed by atoms with Crippen LogP contribution in [0.25, 0.3) is 0 Å². The first kappa shape index (κ1) is 14.5. The highest BCUT2D eigenvalue weighted by atomic mass is 32.1. The van der Waals surface area contributed by atoms with E-state index in [1.807, 2.05) is 11.0 Å². The van der Waals surface area contributed by atoms with E-state index in [-0.39, 0.29) is 0 Å². The lowest BCUT2D eigenvalue weighted by Gasteiger charge is -2.18. The van der Waals surface area contributed by atoms with Gasteiger partial charge >= 0.3 is 0 Å². The Balaban J connectivity index is 1.68. The third-order valence-electron chi connectivity index (χ3n) is 4.01. The molecule has 0 N–H and O–H groups in total. The summed E-state index contributed by atoms with van der Waals surface area (Å²) < 4.78 is 4.88. The zero-order valence-corrected chi connectivity index (χ0v) is 13.7. The molecule has 1 aliphatic rings. The van der Waals surface area contributed by atoms with Crippen LogP contribution in [0.5, 0.6) is 0 Å². The normalized spacial score (nSPS) is 14.9. The zero-order valence-electron chi connectivity index (χ0n) is 12.9. The highest BCUT2D eigenvalue weighted by Crippen LogP contribution is 2.34. The maximum Gasteiger partial charge on any atom is 0.199 e. The van der Waals surface area contributed by atoms with Crippen molar-refractivity contribution < 1.29 is 0 Å². The van der Waals surface area contributed by atoms with Gasteiger partial charge < -0.3 is 4.57 Å². The smallest absolute Gasteiger partial charge is 0.199 e. The highest BCUT2D eigenvalue weighted by Gasteiger charge is 2.25. The molecule has 4 nitrogen and oxygen atoms in total. The number of hydrogen-bond donors (Lipinski definition) is 0. The lowest BCUT2D eigenvalue weighted by molar-refractivity contribution is 0.243. The van der Waals surface area contributed by atoms with E-state index in [4.69, 9.17) is 12.2 Å². The van der Waals surface area contributed by atoms with Crippen LogP contribution < -0.4 is 0 Å².